The van der Waals surface area contributed by atoms with Crippen LogP contribution in [0, 0.1) is 5.92 Å². The molecule has 0 aliphatic rings. The van der Waals surface area contributed by atoms with Gasteiger partial charge in [0.25, 0.3) is 11.8 Å². The number of hydrogen-bond acceptors (Lipinski definition) is 4. The van der Waals surface area contributed by atoms with Crippen molar-refractivity contribution >= 4 is 17.8 Å². The van der Waals surface area contributed by atoms with Crippen molar-refractivity contribution < 1.29 is 19.1 Å². The van der Waals surface area contributed by atoms with Gasteiger partial charge in [-0.3, -0.25) is 25.2 Å². The number of ether oxygens (including phenoxy) is 1. The minimum absolute atomic E-state index is 0.0701. The summed E-state index contributed by atoms with van der Waals surface area (Å²) in [5, 5.41) is 0. The van der Waals surface area contributed by atoms with Crippen LogP contribution < -0.4 is 10.9 Å². The van der Waals surface area contributed by atoms with Crippen LogP contribution in [0.15, 0.2) is 60.7 Å². The van der Waals surface area contributed by atoms with Gasteiger partial charge in [-0.05, 0) is 23.6 Å². The highest BCUT2D eigenvalue weighted by Crippen LogP contribution is 2.28. The van der Waals surface area contributed by atoms with Crippen molar-refractivity contribution in [3.8, 4) is 0 Å². The normalized spacial score (nSPS) is 12.5. The predicted molar refractivity (Wildman–Crippen MR) is 102 cm³/mol. The highest BCUT2D eigenvalue weighted by atomic mass is 16.5. The van der Waals surface area contributed by atoms with Gasteiger partial charge in [0.15, 0.2) is 6.61 Å². The molecule has 0 bridgehead atoms. The van der Waals surface area contributed by atoms with Gasteiger partial charge in [-0.15, -0.1) is 0 Å². The summed E-state index contributed by atoms with van der Waals surface area (Å²) in [5.41, 5.74) is 5.80. The summed E-state index contributed by atoms with van der Waals surface area (Å²) in [6.45, 7) is 3.51. The van der Waals surface area contributed by atoms with Crippen molar-refractivity contribution in [1.29, 1.82) is 0 Å². The number of hydrazine groups is 1. The molecule has 142 valence electrons. The topological polar surface area (TPSA) is 84.5 Å². The van der Waals surface area contributed by atoms with Gasteiger partial charge in [0.2, 0.25) is 0 Å². The number of nitrogens with one attached hydrogen (secondary N) is 2. The van der Waals surface area contributed by atoms with E-state index in [1.54, 1.807) is 30.3 Å². The number of benzene rings is 2. The Hall–Kier alpha value is -3.15. The Morgan fingerprint density at radius 2 is 1.52 bits per heavy atom. The zero-order valence-corrected chi connectivity index (χ0v) is 15.5. The molecular weight excluding hydrogens is 344 g/mol. The van der Waals surface area contributed by atoms with E-state index in [0.29, 0.717) is 5.56 Å². The van der Waals surface area contributed by atoms with E-state index in [9.17, 15) is 14.4 Å². The zero-order valence-electron chi connectivity index (χ0n) is 15.5. The zero-order chi connectivity index (χ0) is 19.6. The van der Waals surface area contributed by atoms with E-state index in [1.807, 2.05) is 44.2 Å². The SMILES string of the molecule is CC[C@H](C)[C@@H](C(=O)OCC(=O)NNC(=O)c1ccccc1)c1ccccc1. The van der Waals surface area contributed by atoms with Gasteiger partial charge in [0.1, 0.15) is 0 Å². The molecule has 27 heavy (non-hydrogen) atoms. The summed E-state index contributed by atoms with van der Waals surface area (Å²) in [4.78, 5) is 36.3. The number of rotatable bonds is 7. The molecule has 0 aliphatic heterocycles. The molecule has 2 rings (SSSR count). The van der Waals surface area contributed by atoms with E-state index in [0.717, 1.165) is 12.0 Å². The van der Waals surface area contributed by atoms with Gasteiger partial charge < -0.3 is 4.74 Å². The second-order valence-electron chi connectivity index (χ2n) is 6.25. The van der Waals surface area contributed by atoms with Gasteiger partial charge in [-0.1, -0.05) is 68.8 Å². The predicted octanol–water partition coefficient (Wildman–Crippen LogP) is 2.82. The Balaban J connectivity index is 1.87. The molecule has 2 aromatic rings. The van der Waals surface area contributed by atoms with E-state index < -0.39 is 30.3 Å². The second kappa shape index (κ2) is 10.1. The first-order valence-corrected chi connectivity index (χ1v) is 8.88. The highest BCUT2D eigenvalue weighted by Gasteiger charge is 2.27. The molecule has 0 spiro atoms. The average Bonchev–Trinajstić information content (AvgIpc) is 2.71. The van der Waals surface area contributed by atoms with E-state index in [-0.39, 0.29) is 5.92 Å². The quantitative estimate of drug-likeness (QED) is 0.581. The summed E-state index contributed by atoms with van der Waals surface area (Å²) in [6, 6.07) is 17.8. The molecule has 0 aliphatic carbocycles. The maximum absolute atomic E-state index is 12.5. The Morgan fingerprint density at radius 3 is 2.11 bits per heavy atom. The maximum Gasteiger partial charge on any atom is 0.314 e. The lowest BCUT2D eigenvalue weighted by atomic mass is 9.86. The van der Waals surface area contributed by atoms with Crippen molar-refractivity contribution in [2.24, 2.45) is 5.92 Å². The molecule has 0 radical (unpaired) electrons. The highest BCUT2D eigenvalue weighted by molar-refractivity contribution is 5.95. The van der Waals surface area contributed by atoms with Gasteiger partial charge in [-0.2, -0.15) is 0 Å². The Morgan fingerprint density at radius 1 is 0.926 bits per heavy atom. The molecule has 2 amide bonds. The Bertz CT molecular complexity index is 762. The van der Waals surface area contributed by atoms with Crippen molar-refractivity contribution in [3.63, 3.8) is 0 Å². The monoisotopic (exact) mass is 368 g/mol. The molecule has 2 N–H and O–H groups in total. The fourth-order valence-corrected chi connectivity index (χ4v) is 2.64. The van der Waals surface area contributed by atoms with Crippen molar-refractivity contribution in [2.75, 3.05) is 6.61 Å². The van der Waals surface area contributed by atoms with Crippen LogP contribution >= 0.6 is 0 Å². The van der Waals surface area contributed by atoms with Gasteiger partial charge in [-0.25, -0.2) is 0 Å². The summed E-state index contributed by atoms with van der Waals surface area (Å²) in [5.74, 6) is -1.88. The molecule has 2 aromatic carbocycles. The summed E-state index contributed by atoms with van der Waals surface area (Å²) < 4.78 is 5.18. The summed E-state index contributed by atoms with van der Waals surface area (Å²) >= 11 is 0. The van der Waals surface area contributed by atoms with Crippen LogP contribution in [0.1, 0.15) is 42.1 Å². The lowest BCUT2D eigenvalue weighted by Gasteiger charge is -2.21. The third-order valence-corrected chi connectivity index (χ3v) is 4.32. The van der Waals surface area contributed by atoms with E-state index in [4.69, 9.17) is 4.74 Å². The fraction of sp³-hybridized carbons (Fsp3) is 0.286. The molecule has 0 saturated carbocycles. The number of esters is 1. The van der Waals surface area contributed by atoms with Crippen molar-refractivity contribution in [1.82, 2.24) is 10.9 Å². The van der Waals surface area contributed by atoms with Crippen molar-refractivity contribution in [3.05, 3.63) is 71.8 Å². The molecule has 0 aromatic heterocycles. The van der Waals surface area contributed by atoms with E-state index in [2.05, 4.69) is 10.9 Å². The maximum atomic E-state index is 12.5. The Labute approximate surface area is 158 Å². The van der Waals surface area contributed by atoms with Gasteiger partial charge in [0, 0.05) is 5.56 Å². The largest absolute Gasteiger partial charge is 0.455 e. The molecule has 0 unspecified atom stereocenters. The number of hydrogen-bond donors (Lipinski definition) is 2. The van der Waals surface area contributed by atoms with Gasteiger partial charge >= 0.3 is 5.97 Å². The summed E-state index contributed by atoms with van der Waals surface area (Å²) in [7, 11) is 0. The number of amides is 2. The molecular formula is C21H24N2O4. The molecule has 2 atom stereocenters. The second-order valence-corrected chi connectivity index (χ2v) is 6.25. The molecule has 0 fully saturated rings. The minimum Gasteiger partial charge on any atom is -0.455 e. The third-order valence-electron chi connectivity index (χ3n) is 4.32. The van der Waals surface area contributed by atoms with Crippen molar-refractivity contribution in [2.45, 2.75) is 26.2 Å². The number of carbonyl (C=O) groups excluding carboxylic acids is 3. The average molecular weight is 368 g/mol. The first-order valence-electron chi connectivity index (χ1n) is 8.88. The molecule has 6 nitrogen and oxygen atoms in total. The lowest BCUT2D eigenvalue weighted by molar-refractivity contribution is -0.151. The number of carbonyl (C=O) groups is 3. The van der Waals surface area contributed by atoms with E-state index >= 15 is 0 Å². The van der Waals surface area contributed by atoms with Gasteiger partial charge in [0.05, 0.1) is 5.92 Å². The van der Waals surface area contributed by atoms with E-state index in [1.165, 1.54) is 0 Å². The van der Waals surface area contributed by atoms with Crippen LogP contribution in [-0.4, -0.2) is 24.4 Å². The lowest BCUT2D eigenvalue weighted by Crippen LogP contribution is -2.43. The minimum atomic E-state index is -0.608. The van der Waals surface area contributed by atoms with Crippen LogP contribution in [0.3, 0.4) is 0 Å². The first-order chi connectivity index (χ1) is 13.0. The fourth-order valence-electron chi connectivity index (χ4n) is 2.64. The van der Waals surface area contributed by atoms with Crippen LogP contribution in [0.4, 0.5) is 0 Å². The van der Waals surface area contributed by atoms with Crippen LogP contribution in [-0.2, 0) is 14.3 Å². The Kier molecular flexibility index (Phi) is 7.55. The van der Waals surface area contributed by atoms with Crippen LogP contribution in [0.2, 0.25) is 0 Å². The third kappa shape index (κ3) is 5.95. The molecule has 0 saturated heterocycles. The van der Waals surface area contributed by atoms with Crippen LogP contribution in [0.5, 0.6) is 0 Å². The molecule has 6 heteroatoms. The van der Waals surface area contributed by atoms with Crippen LogP contribution in [0.25, 0.3) is 0 Å². The molecule has 0 heterocycles. The standard InChI is InChI=1S/C21H24N2O4/c1-3-15(2)19(16-10-6-4-7-11-16)21(26)27-14-18(24)22-23-20(25)17-12-8-5-9-13-17/h4-13,15,19H,3,14H2,1-2H3,(H,22,24)(H,23,25)/t15-,19+/m0/s1. The summed E-state index contributed by atoms with van der Waals surface area (Å²) in [6.07, 6.45) is 0.800. The smallest absolute Gasteiger partial charge is 0.314 e. The first kappa shape index (κ1) is 20.2.